The summed E-state index contributed by atoms with van der Waals surface area (Å²) in [5.74, 6) is 0.618. The zero-order chi connectivity index (χ0) is 12.1. The summed E-state index contributed by atoms with van der Waals surface area (Å²) in [5, 5.41) is 0. The van der Waals surface area contributed by atoms with Crippen LogP contribution in [0.4, 0.5) is 0 Å². The molecule has 92 valence electrons. The van der Waals surface area contributed by atoms with E-state index in [0.29, 0.717) is 12.5 Å². The lowest BCUT2D eigenvalue weighted by molar-refractivity contribution is 0.106. The molecule has 0 aliphatic carbocycles. The van der Waals surface area contributed by atoms with Gasteiger partial charge in [0.05, 0.1) is 18.1 Å². The van der Waals surface area contributed by atoms with Crippen LogP contribution < -0.4 is 0 Å². The van der Waals surface area contributed by atoms with E-state index in [1.54, 1.807) is 0 Å². The Bertz CT molecular complexity index is 228. The Hall–Kier alpha value is 0.460. The SMILES string of the molecule is CCOP(=O)(OC(C)(C)C)SCN(C)C. The van der Waals surface area contributed by atoms with Crippen molar-refractivity contribution in [3.05, 3.63) is 0 Å². The van der Waals surface area contributed by atoms with Crippen molar-refractivity contribution in [1.29, 1.82) is 0 Å². The highest BCUT2D eigenvalue weighted by Crippen LogP contribution is 2.62. The second-order valence-electron chi connectivity index (χ2n) is 4.41. The van der Waals surface area contributed by atoms with Gasteiger partial charge in [0, 0.05) is 0 Å². The van der Waals surface area contributed by atoms with Gasteiger partial charge in [0.2, 0.25) is 0 Å². The smallest absolute Gasteiger partial charge is 0.301 e. The second kappa shape index (κ2) is 6.26. The molecule has 1 unspecified atom stereocenters. The van der Waals surface area contributed by atoms with Gasteiger partial charge in [-0.3, -0.25) is 9.42 Å². The van der Waals surface area contributed by atoms with Crippen molar-refractivity contribution < 1.29 is 13.6 Å². The zero-order valence-corrected chi connectivity index (χ0v) is 12.2. The Balaban J connectivity index is 4.39. The van der Waals surface area contributed by atoms with Crippen LogP contribution in [0.2, 0.25) is 0 Å². The van der Waals surface area contributed by atoms with Crippen LogP contribution >= 0.6 is 18.2 Å². The van der Waals surface area contributed by atoms with Crippen molar-refractivity contribution in [2.24, 2.45) is 0 Å². The summed E-state index contributed by atoms with van der Waals surface area (Å²) in [7, 11) is 3.83. The van der Waals surface area contributed by atoms with Gasteiger partial charge in [0.25, 0.3) is 0 Å². The first-order valence-corrected chi connectivity index (χ1v) is 8.06. The molecular formula is C9H22NO3PS. The van der Waals surface area contributed by atoms with E-state index in [1.807, 2.05) is 46.7 Å². The van der Waals surface area contributed by atoms with Crippen LogP contribution in [-0.2, 0) is 13.6 Å². The predicted octanol–water partition coefficient (Wildman–Crippen LogP) is 3.20. The molecule has 0 aliphatic rings. The van der Waals surface area contributed by atoms with E-state index in [0.717, 1.165) is 0 Å². The fraction of sp³-hybridized carbons (Fsp3) is 1.00. The molecule has 0 radical (unpaired) electrons. The third-order valence-corrected chi connectivity index (χ3v) is 5.28. The zero-order valence-electron chi connectivity index (χ0n) is 10.4. The van der Waals surface area contributed by atoms with Crippen LogP contribution in [0.25, 0.3) is 0 Å². The van der Waals surface area contributed by atoms with Gasteiger partial charge < -0.3 is 4.52 Å². The molecule has 0 heterocycles. The highest BCUT2D eigenvalue weighted by atomic mass is 32.7. The summed E-state index contributed by atoms with van der Waals surface area (Å²) in [5.41, 5.74) is -0.454. The lowest BCUT2D eigenvalue weighted by atomic mass is 10.2. The maximum Gasteiger partial charge on any atom is 0.390 e. The van der Waals surface area contributed by atoms with Crippen LogP contribution in [0, 0.1) is 0 Å². The number of hydrogen-bond donors (Lipinski definition) is 0. The molecule has 15 heavy (non-hydrogen) atoms. The maximum absolute atomic E-state index is 12.2. The maximum atomic E-state index is 12.2. The molecular weight excluding hydrogens is 233 g/mol. The van der Waals surface area contributed by atoms with Gasteiger partial charge in [-0.05, 0) is 53.2 Å². The van der Waals surface area contributed by atoms with Crippen molar-refractivity contribution in [2.45, 2.75) is 33.3 Å². The van der Waals surface area contributed by atoms with Crippen molar-refractivity contribution in [1.82, 2.24) is 4.90 Å². The molecule has 0 rings (SSSR count). The summed E-state index contributed by atoms with van der Waals surface area (Å²) >= 11 is 1.22. The summed E-state index contributed by atoms with van der Waals surface area (Å²) < 4.78 is 22.9. The fourth-order valence-corrected chi connectivity index (χ4v) is 4.79. The van der Waals surface area contributed by atoms with Gasteiger partial charge in [-0.25, -0.2) is 4.57 Å². The average Bonchev–Trinajstić information content (AvgIpc) is 1.98. The monoisotopic (exact) mass is 255 g/mol. The quantitative estimate of drug-likeness (QED) is 0.538. The topological polar surface area (TPSA) is 38.8 Å². The molecule has 0 aliphatic heterocycles. The standard InChI is InChI=1S/C9H22NO3PS/c1-7-12-14(11,13-9(2,3)4)15-8-10(5)6/h7-8H2,1-6H3. The molecule has 0 aromatic rings. The van der Waals surface area contributed by atoms with Crippen LogP contribution in [-0.4, -0.2) is 37.1 Å². The lowest BCUT2D eigenvalue weighted by Gasteiger charge is -2.26. The molecule has 0 aromatic heterocycles. The van der Waals surface area contributed by atoms with Gasteiger partial charge in [-0.2, -0.15) is 0 Å². The van der Waals surface area contributed by atoms with E-state index in [-0.39, 0.29) is 0 Å². The van der Waals surface area contributed by atoms with Crippen molar-refractivity contribution in [3.63, 3.8) is 0 Å². The Kier molecular flexibility index (Phi) is 6.45. The molecule has 0 bridgehead atoms. The van der Waals surface area contributed by atoms with Crippen LogP contribution in [0.5, 0.6) is 0 Å². The predicted molar refractivity (Wildman–Crippen MR) is 66.2 cm³/mol. The van der Waals surface area contributed by atoms with Crippen LogP contribution in [0.1, 0.15) is 27.7 Å². The summed E-state index contributed by atoms with van der Waals surface area (Å²) in [6.07, 6.45) is 0. The van der Waals surface area contributed by atoms with E-state index < -0.39 is 12.4 Å². The number of rotatable bonds is 6. The van der Waals surface area contributed by atoms with Crippen molar-refractivity contribution in [3.8, 4) is 0 Å². The molecule has 0 fully saturated rings. The van der Waals surface area contributed by atoms with E-state index in [1.165, 1.54) is 11.4 Å². The number of nitrogens with zero attached hydrogens (tertiary/aromatic N) is 1. The Morgan fingerprint density at radius 3 is 2.20 bits per heavy atom. The molecule has 4 nitrogen and oxygen atoms in total. The Morgan fingerprint density at radius 2 is 1.87 bits per heavy atom. The van der Waals surface area contributed by atoms with Crippen molar-refractivity contribution in [2.75, 3.05) is 26.6 Å². The molecule has 0 saturated carbocycles. The largest absolute Gasteiger partial charge is 0.390 e. The molecule has 0 amide bonds. The van der Waals surface area contributed by atoms with Gasteiger partial charge in [0.15, 0.2) is 0 Å². The fourth-order valence-electron chi connectivity index (χ4n) is 0.770. The lowest BCUT2D eigenvalue weighted by Crippen LogP contribution is -2.18. The Labute approximate surface area is 97.0 Å². The minimum Gasteiger partial charge on any atom is -0.301 e. The van der Waals surface area contributed by atoms with Crippen LogP contribution in [0.3, 0.4) is 0 Å². The molecule has 1 atom stereocenters. The van der Waals surface area contributed by atoms with Crippen LogP contribution in [0.15, 0.2) is 0 Å². The minimum atomic E-state index is -3.02. The van der Waals surface area contributed by atoms with Gasteiger partial charge in [0.1, 0.15) is 0 Å². The van der Waals surface area contributed by atoms with Gasteiger partial charge in [-0.15, -0.1) is 0 Å². The van der Waals surface area contributed by atoms with Crippen molar-refractivity contribution >= 4 is 18.2 Å². The van der Waals surface area contributed by atoms with Gasteiger partial charge in [-0.1, -0.05) is 0 Å². The Morgan fingerprint density at radius 1 is 1.33 bits per heavy atom. The summed E-state index contributed by atoms with van der Waals surface area (Å²) in [6.45, 7) is 4.80. The van der Waals surface area contributed by atoms with E-state index in [2.05, 4.69) is 0 Å². The first-order chi connectivity index (χ1) is 6.68. The minimum absolute atomic E-state index is 0.397. The average molecular weight is 255 g/mol. The number of hydrogen-bond acceptors (Lipinski definition) is 5. The first kappa shape index (κ1) is 15.5. The normalized spacial score (nSPS) is 16.7. The van der Waals surface area contributed by atoms with Gasteiger partial charge >= 0.3 is 6.80 Å². The molecule has 6 heteroatoms. The second-order valence-corrected chi connectivity index (χ2v) is 8.37. The van der Waals surface area contributed by atoms with E-state index >= 15 is 0 Å². The first-order valence-electron chi connectivity index (χ1n) is 4.93. The highest BCUT2D eigenvalue weighted by Gasteiger charge is 2.31. The molecule has 0 spiro atoms. The molecule has 0 N–H and O–H groups in total. The summed E-state index contributed by atoms with van der Waals surface area (Å²) in [6, 6.07) is 0. The van der Waals surface area contributed by atoms with E-state index in [9.17, 15) is 4.57 Å². The third kappa shape index (κ3) is 8.29. The molecule has 0 saturated heterocycles. The molecule has 0 aromatic carbocycles. The highest BCUT2D eigenvalue weighted by molar-refractivity contribution is 8.55. The third-order valence-electron chi connectivity index (χ3n) is 1.15. The summed E-state index contributed by atoms with van der Waals surface area (Å²) in [4.78, 5) is 1.93. The van der Waals surface area contributed by atoms with E-state index in [4.69, 9.17) is 9.05 Å².